The molecule has 1 aliphatic rings. The van der Waals surface area contributed by atoms with Crippen LogP contribution in [-0.4, -0.2) is 34.3 Å². The van der Waals surface area contributed by atoms with Gasteiger partial charge < -0.3 is 5.11 Å². The third kappa shape index (κ3) is 4.55. The van der Waals surface area contributed by atoms with Gasteiger partial charge in [0.05, 0.1) is 5.41 Å². The molecule has 0 aliphatic carbocycles. The van der Waals surface area contributed by atoms with E-state index in [-0.39, 0.29) is 36.0 Å². The second kappa shape index (κ2) is 6.16. The summed E-state index contributed by atoms with van der Waals surface area (Å²) in [7, 11) is 0. The quantitative estimate of drug-likeness (QED) is 0.765. The third-order valence-electron chi connectivity index (χ3n) is 4.35. The topological polar surface area (TPSA) is 74.7 Å². The normalized spacial score (nSPS) is 20.0. The number of imide groups is 1. The standard InChI is InChI=1S/C16H27NO4/c1-15(2,3)11(6-7-13(19)20)8-9-17-12(18)10-16(4,5)14(17)21/h11H,6-10H2,1-5H3,(H,19,20). The lowest BCUT2D eigenvalue weighted by molar-refractivity contribution is -0.142. The number of hydrogen-bond acceptors (Lipinski definition) is 3. The van der Waals surface area contributed by atoms with E-state index >= 15 is 0 Å². The van der Waals surface area contributed by atoms with Crippen LogP contribution in [0.5, 0.6) is 0 Å². The van der Waals surface area contributed by atoms with Crippen molar-refractivity contribution in [1.82, 2.24) is 4.90 Å². The summed E-state index contributed by atoms with van der Waals surface area (Å²) in [5, 5.41) is 8.84. The summed E-state index contributed by atoms with van der Waals surface area (Å²) >= 11 is 0. The molecular weight excluding hydrogens is 270 g/mol. The molecule has 120 valence electrons. The van der Waals surface area contributed by atoms with Gasteiger partial charge in [-0.3, -0.25) is 19.3 Å². The second-order valence-electron chi connectivity index (χ2n) is 7.70. The largest absolute Gasteiger partial charge is 0.481 e. The summed E-state index contributed by atoms with van der Waals surface area (Å²) in [6.07, 6.45) is 1.61. The fourth-order valence-electron chi connectivity index (χ4n) is 2.85. The molecule has 21 heavy (non-hydrogen) atoms. The Hall–Kier alpha value is -1.39. The Morgan fingerprint density at radius 1 is 1.29 bits per heavy atom. The van der Waals surface area contributed by atoms with Gasteiger partial charge in [0, 0.05) is 19.4 Å². The van der Waals surface area contributed by atoms with Crippen molar-refractivity contribution in [1.29, 1.82) is 0 Å². The van der Waals surface area contributed by atoms with Crippen LogP contribution in [0.1, 0.15) is 60.3 Å². The average Bonchev–Trinajstić information content (AvgIpc) is 2.48. The molecule has 0 aromatic rings. The van der Waals surface area contributed by atoms with Crippen LogP contribution >= 0.6 is 0 Å². The number of carbonyl (C=O) groups is 3. The van der Waals surface area contributed by atoms with Crippen LogP contribution in [0.2, 0.25) is 0 Å². The molecule has 2 amide bonds. The van der Waals surface area contributed by atoms with E-state index in [9.17, 15) is 14.4 Å². The summed E-state index contributed by atoms with van der Waals surface area (Å²) < 4.78 is 0. The molecule has 0 bridgehead atoms. The molecule has 1 aliphatic heterocycles. The van der Waals surface area contributed by atoms with Crippen molar-refractivity contribution in [3.8, 4) is 0 Å². The molecule has 1 fully saturated rings. The van der Waals surface area contributed by atoms with Crippen molar-refractivity contribution in [3.63, 3.8) is 0 Å². The van der Waals surface area contributed by atoms with Crippen LogP contribution in [0, 0.1) is 16.7 Å². The van der Waals surface area contributed by atoms with Crippen LogP contribution in [0.15, 0.2) is 0 Å². The average molecular weight is 297 g/mol. The van der Waals surface area contributed by atoms with Gasteiger partial charge >= 0.3 is 5.97 Å². The Morgan fingerprint density at radius 3 is 2.24 bits per heavy atom. The number of hydrogen-bond donors (Lipinski definition) is 1. The molecule has 0 aromatic carbocycles. The first-order chi connectivity index (χ1) is 9.45. The molecule has 5 nitrogen and oxygen atoms in total. The summed E-state index contributed by atoms with van der Waals surface area (Å²) in [5.74, 6) is -0.870. The Morgan fingerprint density at radius 2 is 1.86 bits per heavy atom. The Kier molecular flexibility index (Phi) is 5.18. The van der Waals surface area contributed by atoms with E-state index in [1.165, 1.54) is 4.90 Å². The van der Waals surface area contributed by atoms with Crippen LogP contribution in [-0.2, 0) is 14.4 Å². The monoisotopic (exact) mass is 297 g/mol. The highest BCUT2D eigenvalue weighted by molar-refractivity contribution is 6.05. The lowest BCUT2D eigenvalue weighted by atomic mass is 9.76. The highest BCUT2D eigenvalue weighted by atomic mass is 16.4. The van der Waals surface area contributed by atoms with E-state index in [1.807, 2.05) is 0 Å². The van der Waals surface area contributed by atoms with Gasteiger partial charge in [-0.2, -0.15) is 0 Å². The van der Waals surface area contributed by atoms with Gasteiger partial charge in [0.2, 0.25) is 11.8 Å². The van der Waals surface area contributed by atoms with Gasteiger partial charge in [-0.1, -0.05) is 34.6 Å². The predicted molar refractivity (Wildman–Crippen MR) is 79.5 cm³/mol. The Bertz CT molecular complexity index is 434. The molecule has 1 heterocycles. The number of carbonyl (C=O) groups excluding carboxylic acids is 2. The Balaban J connectivity index is 2.67. The predicted octanol–water partition coefficient (Wildman–Crippen LogP) is 2.69. The minimum Gasteiger partial charge on any atom is -0.481 e. The lowest BCUT2D eigenvalue weighted by Crippen LogP contribution is -2.36. The molecule has 0 spiro atoms. The van der Waals surface area contributed by atoms with Gasteiger partial charge in [0.15, 0.2) is 0 Å². The molecule has 0 aromatic heterocycles. The van der Waals surface area contributed by atoms with Gasteiger partial charge in [-0.05, 0) is 24.2 Å². The summed E-state index contributed by atoms with van der Waals surface area (Å²) in [6.45, 7) is 10.2. The van der Waals surface area contributed by atoms with Gasteiger partial charge in [0.1, 0.15) is 0 Å². The Labute approximate surface area is 126 Å². The van der Waals surface area contributed by atoms with E-state index in [1.54, 1.807) is 13.8 Å². The van der Waals surface area contributed by atoms with Crippen molar-refractivity contribution in [2.75, 3.05) is 6.54 Å². The molecule has 1 rings (SSSR count). The van der Waals surface area contributed by atoms with Crippen molar-refractivity contribution in [2.24, 2.45) is 16.7 Å². The molecule has 5 heteroatoms. The number of likely N-dealkylation sites (tertiary alicyclic amines) is 1. The minimum atomic E-state index is -0.807. The van der Waals surface area contributed by atoms with Gasteiger partial charge in [0.25, 0.3) is 0 Å². The van der Waals surface area contributed by atoms with Gasteiger partial charge in [-0.25, -0.2) is 0 Å². The first kappa shape index (κ1) is 17.7. The zero-order valence-electron chi connectivity index (χ0n) is 13.7. The lowest BCUT2D eigenvalue weighted by Gasteiger charge is -2.31. The van der Waals surface area contributed by atoms with Crippen LogP contribution in [0.25, 0.3) is 0 Å². The first-order valence-corrected chi connectivity index (χ1v) is 7.52. The highest BCUT2D eigenvalue weighted by Crippen LogP contribution is 2.35. The molecule has 1 saturated heterocycles. The molecular formula is C16H27NO4. The van der Waals surface area contributed by atoms with Crippen LogP contribution < -0.4 is 0 Å². The van der Waals surface area contributed by atoms with Crippen LogP contribution in [0.4, 0.5) is 0 Å². The second-order valence-corrected chi connectivity index (χ2v) is 7.70. The highest BCUT2D eigenvalue weighted by Gasteiger charge is 2.44. The zero-order valence-corrected chi connectivity index (χ0v) is 13.7. The molecule has 0 saturated carbocycles. The van der Waals surface area contributed by atoms with Crippen molar-refractivity contribution in [2.45, 2.75) is 60.3 Å². The van der Waals surface area contributed by atoms with E-state index in [4.69, 9.17) is 5.11 Å². The van der Waals surface area contributed by atoms with E-state index in [0.29, 0.717) is 19.4 Å². The van der Waals surface area contributed by atoms with E-state index in [2.05, 4.69) is 20.8 Å². The smallest absolute Gasteiger partial charge is 0.303 e. The van der Waals surface area contributed by atoms with Gasteiger partial charge in [-0.15, -0.1) is 0 Å². The number of carboxylic acids is 1. The fourth-order valence-corrected chi connectivity index (χ4v) is 2.85. The maximum atomic E-state index is 12.2. The number of nitrogens with zero attached hydrogens (tertiary/aromatic N) is 1. The number of amides is 2. The maximum absolute atomic E-state index is 12.2. The minimum absolute atomic E-state index is 0.0449. The summed E-state index contributed by atoms with van der Waals surface area (Å²) in [4.78, 5) is 36.2. The summed E-state index contributed by atoms with van der Waals surface area (Å²) in [5.41, 5.74) is -0.647. The zero-order chi connectivity index (χ0) is 16.4. The number of rotatable bonds is 6. The van der Waals surface area contributed by atoms with Crippen LogP contribution in [0.3, 0.4) is 0 Å². The number of aliphatic carboxylic acids is 1. The third-order valence-corrected chi connectivity index (χ3v) is 4.35. The van der Waals surface area contributed by atoms with E-state index < -0.39 is 11.4 Å². The SMILES string of the molecule is CC1(C)CC(=O)N(CCC(CCC(=O)O)C(C)(C)C)C1=O. The van der Waals surface area contributed by atoms with Crippen molar-refractivity contribution < 1.29 is 19.5 Å². The van der Waals surface area contributed by atoms with E-state index in [0.717, 1.165) is 0 Å². The summed E-state index contributed by atoms with van der Waals surface area (Å²) in [6, 6.07) is 0. The fraction of sp³-hybridized carbons (Fsp3) is 0.812. The number of carboxylic acid groups (broad SMARTS) is 1. The molecule has 1 N–H and O–H groups in total. The molecule has 1 unspecified atom stereocenters. The maximum Gasteiger partial charge on any atom is 0.303 e. The van der Waals surface area contributed by atoms with Crippen molar-refractivity contribution >= 4 is 17.8 Å². The molecule has 1 atom stereocenters. The first-order valence-electron chi connectivity index (χ1n) is 7.52. The molecule has 0 radical (unpaired) electrons. The van der Waals surface area contributed by atoms with Crippen molar-refractivity contribution in [3.05, 3.63) is 0 Å².